The molecule has 29 heavy (non-hydrogen) atoms. The van der Waals surface area contributed by atoms with Crippen molar-refractivity contribution < 1.29 is 19.4 Å². The van der Waals surface area contributed by atoms with Gasteiger partial charge in [0.25, 0.3) is 0 Å². The average Bonchev–Trinajstić information content (AvgIpc) is 2.99. The molecule has 5 heteroatoms. The number of ketones is 1. The molecule has 0 aromatic heterocycles. The molecule has 4 rings (SSSR count). The first-order valence-corrected chi connectivity index (χ1v) is 11.4. The van der Waals surface area contributed by atoms with Crippen LogP contribution in [0.2, 0.25) is 0 Å². The van der Waals surface area contributed by atoms with Gasteiger partial charge in [-0.2, -0.15) is 5.26 Å². The lowest BCUT2D eigenvalue weighted by atomic mass is 9.40. The molecule has 0 spiro atoms. The molecule has 0 saturated heterocycles. The van der Waals surface area contributed by atoms with Gasteiger partial charge in [0.1, 0.15) is 5.78 Å². The molecule has 4 aliphatic rings. The summed E-state index contributed by atoms with van der Waals surface area (Å²) in [4.78, 5) is 13.7. The van der Waals surface area contributed by atoms with E-state index >= 15 is 0 Å². The van der Waals surface area contributed by atoms with Crippen molar-refractivity contribution >= 4 is 5.78 Å². The molecule has 0 amide bonds. The maximum Gasteiger partial charge on any atom is 0.137 e. The van der Waals surface area contributed by atoms with Gasteiger partial charge in [-0.25, -0.2) is 0 Å². The van der Waals surface area contributed by atoms with E-state index in [0.717, 1.165) is 32.1 Å². The number of ether oxygens (including phenoxy) is 2. The minimum Gasteiger partial charge on any atom is -0.390 e. The van der Waals surface area contributed by atoms with Gasteiger partial charge >= 0.3 is 0 Å². The highest BCUT2D eigenvalue weighted by molar-refractivity contribution is 5.84. The van der Waals surface area contributed by atoms with Crippen molar-refractivity contribution in [2.24, 2.45) is 39.9 Å². The molecule has 4 fully saturated rings. The van der Waals surface area contributed by atoms with Crippen LogP contribution < -0.4 is 0 Å². The van der Waals surface area contributed by atoms with Gasteiger partial charge in [-0.1, -0.05) is 20.8 Å². The number of carbonyl (C=O) groups is 1. The van der Waals surface area contributed by atoms with Crippen LogP contribution in [0.25, 0.3) is 0 Å². The topological polar surface area (TPSA) is 79.5 Å². The predicted molar refractivity (Wildman–Crippen MR) is 109 cm³/mol. The summed E-state index contributed by atoms with van der Waals surface area (Å²) in [5.74, 6) is 1.23. The summed E-state index contributed by atoms with van der Waals surface area (Å²) in [5, 5.41) is 20.5. The Labute approximate surface area is 175 Å². The number of hydrogen-bond donors (Lipinski definition) is 1. The number of aliphatic hydroxyl groups excluding tert-OH is 1. The summed E-state index contributed by atoms with van der Waals surface area (Å²) in [7, 11) is 1.65. The lowest BCUT2D eigenvalue weighted by Gasteiger charge is -2.65. The Balaban J connectivity index is 1.64. The summed E-state index contributed by atoms with van der Waals surface area (Å²) >= 11 is 0. The maximum absolute atomic E-state index is 13.7. The van der Waals surface area contributed by atoms with Crippen LogP contribution in [0.4, 0.5) is 0 Å². The molecule has 4 saturated carbocycles. The number of aliphatic hydroxyl groups is 1. The Morgan fingerprint density at radius 2 is 1.93 bits per heavy atom. The van der Waals surface area contributed by atoms with E-state index in [0.29, 0.717) is 43.7 Å². The molecule has 162 valence electrons. The lowest BCUT2D eigenvalue weighted by molar-refractivity contribution is -0.207. The molecule has 1 N–H and O–H groups in total. The van der Waals surface area contributed by atoms with E-state index in [1.165, 1.54) is 0 Å². The van der Waals surface area contributed by atoms with Crippen LogP contribution in [0.15, 0.2) is 0 Å². The molecule has 5 nitrogen and oxygen atoms in total. The zero-order chi connectivity index (χ0) is 21.0. The third kappa shape index (κ3) is 3.01. The van der Waals surface area contributed by atoms with Crippen LogP contribution in [0.5, 0.6) is 0 Å². The molecule has 0 aromatic carbocycles. The fraction of sp³-hybridized carbons (Fsp3) is 0.917. The average molecular weight is 404 g/mol. The van der Waals surface area contributed by atoms with E-state index in [2.05, 4.69) is 26.8 Å². The SMILES string of the molecule is COCCO[C@H]1C[C@]2(C)[C@H]3C(=O)C[C@]4(C)[C@@H](C#N)CC[C@H]4[C@@H]3CC[C@@]2(C)C[C@@H]1O. The minimum atomic E-state index is -0.486. The first-order chi connectivity index (χ1) is 13.7. The van der Waals surface area contributed by atoms with E-state index in [1.807, 2.05) is 0 Å². The number of hydrogen-bond acceptors (Lipinski definition) is 5. The van der Waals surface area contributed by atoms with Crippen LogP contribution in [0, 0.1) is 51.2 Å². The highest BCUT2D eigenvalue weighted by Gasteiger charge is 2.67. The second-order valence-electron chi connectivity index (χ2n) is 11.1. The molecule has 0 unspecified atom stereocenters. The van der Waals surface area contributed by atoms with Gasteiger partial charge < -0.3 is 14.6 Å². The Hall–Kier alpha value is -0.960. The van der Waals surface area contributed by atoms with Crippen LogP contribution in [-0.2, 0) is 14.3 Å². The number of carbonyl (C=O) groups excluding carboxylic acids is 1. The van der Waals surface area contributed by atoms with Crippen molar-refractivity contribution in [1.29, 1.82) is 5.26 Å². The molecular formula is C24H37NO4. The van der Waals surface area contributed by atoms with Crippen LogP contribution in [0.1, 0.15) is 65.7 Å². The normalized spacial score (nSPS) is 51.7. The monoisotopic (exact) mass is 403 g/mol. The van der Waals surface area contributed by atoms with Gasteiger partial charge in [-0.15, -0.1) is 0 Å². The molecule has 4 aliphatic carbocycles. The highest BCUT2D eigenvalue weighted by atomic mass is 16.5. The minimum absolute atomic E-state index is 0.0109. The van der Waals surface area contributed by atoms with E-state index < -0.39 is 6.10 Å². The zero-order valence-corrected chi connectivity index (χ0v) is 18.4. The van der Waals surface area contributed by atoms with Gasteiger partial charge in [0, 0.05) is 19.4 Å². The Bertz CT molecular complexity index is 703. The first-order valence-electron chi connectivity index (χ1n) is 11.4. The third-order valence-electron chi connectivity index (χ3n) is 9.84. The Kier molecular flexibility index (Phi) is 5.37. The van der Waals surface area contributed by atoms with Crippen molar-refractivity contribution in [2.45, 2.75) is 77.9 Å². The molecule has 0 aliphatic heterocycles. The summed E-state index contributed by atoms with van der Waals surface area (Å²) in [5.41, 5.74) is -0.374. The van der Waals surface area contributed by atoms with Crippen LogP contribution in [-0.4, -0.2) is 43.4 Å². The van der Waals surface area contributed by atoms with Gasteiger partial charge in [0.05, 0.1) is 37.4 Å². The summed E-state index contributed by atoms with van der Waals surface area (Å²) in [6, 6.07) is 2.52. The van der Waals surface area contributed by atoms with Crippen molar-refractivity contribution in [3.05, 3.63) is 0 Å². The third-order valence-corrected chi connectivity index (χ3v) is 9.84. The van der Waals surface area contributed by atoms with Crippen molar-refractivity contribution in [3.63, 3.8) is 0 Å². The summed E-state index contributed by atoms with van der Waals surface area (Å²) in [6.45, 7) is 7.76. The zero-order valence-electron chi connectivity index (χ0n) is 18.4. The molecule has 0 heterocycles. The van der Waals surface area contributed by atoms with Gasteiger partial charge in [0.2, 0.25) is 0 Å². The fourth-order valence-corrected chi connectivity index (χ4v) is 8.04. The molecule has 9 atom stereocenters. The molecular weight excluding hydrogens is 366 g/mol. The fourth-order valence-electron chi connectivity index (χ4n) is 8.04. The van der Waals surface area contributed by atoms with Gasteiger partial charge in [-0.05, 0) is 66.6 Å². The predicted octanol–water partition coefficient (Wildman–Crippen LogP) is 3.74. The van der Waals surface area contributed by atoms with Crippen molar-refractivity contribution in [2.75, 3.05) is 20.3 Å². The van der Waals surface area contributed by atoms with Crippen molar-refractivity contribution in [3.8, 4) is 6.07 Å². The summed E-state index contributed by atoms with van der Waals surface area (Å²) in [6.07, 6.45) is 5.34. The number of nitriles is 1. The quantitative estimate of drug-likeness (QED) is 0.723. The molecule has 0 radical (unpaired) electrons. The van der Waals surface area contributed by atoms with Gasteiger partial charge in [-0.3, -0.25) is 4.79 Å². The van der Waals surface area contributed by atoms with Gasteiger partial charge in [0.15, 0.2) is 0 Å². The van der Waals surface area contributed by atoms with E-state index in [1.54, 1.807) is 7.11 Å². The first kappa shape index (κ1) is 21.3. The standard InChI is InChI=1S/C24H37NO4/c1-22-8-7-16-17-6-5-15(14-25)23(17,2)12-19(27)21(16)24(22,3)13-20(18(26)11-22)29-10-9-28-4/h15-18,20-21,26H,5-13H2,1-4H3/t15-,16+,17+,18+,20+,21-,22+,23-,24-/m1/s1. The smallest absolute Gasteiger partial charge is 0.137 e. The number of nitrogens with zero attached hydrogens (tertiary/aromatic N) is 1. The van der Waals surface area contributed by atoms with Crippen LogP contribution in [0.3, 0.4) is 0 Å². The van der Waals surface area contributed by atoms with E-state index in [-0.39, 0.29) is 34.2 Å². The van der Waals surface area contributed by atoms with Crippen molar-refractivity contribution in [1.82, 2.24) is 0 Å². The molecule has 0 aromatic rings. The number of rotatable bonds is 4. The lowest BCUT2D eigenvalue weighted by Crippen LogP contribution is -2.63. The van der Waals surface area contributed by atoms with E-state index in [9.17, 15) is 15.2 Å². The summed E-state index contributed by atoms with van der Waals surface area (Å²) < 4.78 is 11.1. The number of methoxy groups -OCH3 is 1. The number of fused-ring (bicyclic) bond motifs is 5. The Morgan fingerprint density at radius 3 is 2.62 bits per heavy atom. The highest BCUT2D eigenvalue weighted by Crippen LogP contribution is 2.69. The largest absolute Gasteiger partial charge is 0.390 e. The Morgan fingerprint density at radius 1 is 1.17 bits per heavy atom. The number of Topliss-reactive ketones (excluding diaryl/α,β-unsaturated/α-hetero) is 1. The second-order valence-corrected chi connectivity index (χ2v) is 11.1. The van der Waals surface area contributed by atoms with E-state index in [4.69, 9.17) is 9.47 Å². The molecule has 0 bridgehead atoms. The second kappa shape index (κ2) is 7.32. The maximum atomic E-state index is 13.7. The van der Waals surface area contributed by atoms with Crippen LogP contribution >= 0.6 is 0 Å².